The number of rotatable bonds is 6. The zero-order valence-electron chi connectivity index (χ0n) is 15.3. The van der Waals surface area contributed by atoms with Gasteiger partial charge in [0.15, 0.2) is 0 Å². The van der Waals surface area contributed by atoms with E-state index in [0.29, 0.717) is 12.1 Å². The molecule has 0 aliphatic heterocycles. The van der Waals surface area contributed by atoms with Crippen LogP contribution in [0.25, 0.3) is 11.0 Å². The molecule has 5 heteroatoms. The average molecular weight is 365 g/mol. The summed E-state index contributed by atoms with van der Waals surface area (Å²) in [6.45, 7) is 0.610. The maximum absolute atomic E-state index is 13.3. The largest absolute Gasteiger partial charge is 0.355 e. The van der Waals surface area contributed by atoms with Crippen molar-refractivity contribution in [2.75, 3.05) is 6.54 Å². The fraction of sp³-hybridized carbons (Fsp3) is 0.364. The monoisotopic (exact) mass is 365 g/mol. The predicted molar refractivity (Wildman–Crippen MR) is 104 cm³/mol. The predicted octanol–water partition coefficient (Wildman–Crippen LogP) is 4.26. The van der Waals surface area contributed by atoms with Gasteiger partial charge >= 0.3 is 0 Å². The summed E-state index contributed by atoms with van der Waals surface area (Å²) in [5.74, 6) is 0.689. The first-order valence-corrected chi connectivity index (χ1v) is 9.65. The van der Waals surface area contributed by atoms with E-state index in [1.54, 1.807) is 6.07 Å². The molecule has 4 rings (SSSR count). The first-order valence-electron chi connectivity index (χ1n) is 9.65. The maximum atomic E-state index is 13.3. The molecule has 3 aromatic rings. The quantitative estimate of drug-likeness (QED) is 0.641. The summed E-state index contributed by atoms with van der Waals surface area (Å²) in [5, 5.41) is 3.14. The van der Waals surface area contributed by atoms with Crippen molar-refractivity contribution < 1.29 is 9.18 Å². The molecule has 1 heterocycles. The second-order valence-corrected chi connectivity index (χ2v) is 7.36. The Hall–Kier alpha value is -2.69. The summed E-state index contributed by atoms with van der Waals surface area (Å²) < 4.78 is 13.3. The van der Waals surface area contributed by atoms with Crippen molar-refractivity contribution in [2.24, 2.45) is 0 Å². The Morgan fingerprint density at radius 2 is 1.93 bits per heavy atom. The summed E-state index contributed by atoms with van der Waals surface area (Å²) in [7, 11) is 0. The van der Waals surface area contributed by atoms with E-state index in [9.17, 15) is 9.18 Å². The number of benzene rings is 2. The van der Waals surface area contributed by atoms with Crippen LogP contribution in [0.1, 0.15) is 43.5 Å². The van der Waals surface area contributed by atoms with Gasteiger partial charge in [-0.2, -0.15) is 0 Å². The van der Waals surface area contributed by atoms with Gasteiger partial charge in [-0.25, -0.2) is 9.37 Å². The number of aromatic amines is 1. The lowest BCUT2D eigenvalue weighted by Crippen LogP contribution is -2.43. The third-order valence-electron chi connectivity index (χ3n) is 5.59. The van der Waals surface area contributed by atoms with Crippen molar-refractivity contribution in [1.82, 2.24) is 15.3 Å². The van der Waals surface area contributed by atoms with Crippen LogP contribution in [0.5, 0.6) is 0 Å². The van der Waals surface area contributed by atoms with E-state index in [4.69, 9.17) is 0 Å². The highest BCUT2D eigenvalue weighted by atomic mass is 19.1. The van der Waals surface area contributed by atoms with Gasteiger partial charge in [-0.1, -0.05) is 43.2 Å². The van der Waals surface area contributed by atoms with Crippen LogP contribution in [0.3, 0.4) is 0 Å². The van der Waals surface area contributed by atoms with Crippen LogP contribution in [0, 0.1) is 5.82 Å². The lowest BCUT2D eigenvalue weighted by Gasteiger charge is -2.28. The second-order valence-electron chi connectivity index (χ2n) is 7.36. The Kier molecular flexibility index (Phi) is 4.92. The van der Waals surface area contributed by atoms with Gasteiger partial charge < -0.3 is 10.3 Å². The fourth-order valence-electron chi connectivity index (χ4n) is 4.16. The van der Waals surface area contributed by atoms with Crippen molar-refractivity contribution in [3.8, 4) is 0 Å². The minimum atomic E-state index is -0.377. The Morgan fingerprint density at radius 1 is 1.15 bits per heavy atom. The number of nitrogens with zero attached hydrogens (tertiary/aromatic N) is 1. The van der Waals surface area contributed by atoms with Crippen LogP contribution in [0.4, 0.5) is 4.39 Å². The van der Waals surface area contributed by atoms with Gasteiger partial charge in [-0.15, -0.1) is 0 Å². The van der Waals surface area contributed by atoms with Crippen LogP contribution in [0.15, 0.2) is 48.5 Å². The molecule has 0 saturated heterocycles. The minimum absolute atomic E-state index is 0.137. The summed E-state index contributed by atoms with van der Waals surface area (Å²) in [4.78, 5) is 20.6. The number of H-pyrrole nitrogens is 1. The minimum Gasteiger partial charge on any atom is -0.355 e. The highest BCUT2D eigenvalue weighted by Gasteiger charge is 2.42. The summed E-state index contributed by atoms with van der Waals surface area (Å²) in [6, 6.07) is 14.7. The number of hydrogen-bond acceptors (Lipinski definition) is 2. The number of carbonyl (C=O) groups is 1. The van der Waals surface area contributed by atoms with Crippen molar-refractivity contribution in [3.63, 3.8) is 0 Å². The van der Waals surface area contributed by atoms with Gasteiger partial charge in [0, 0.05) is 13.0 Å². The van der Waals surface area contributed by atoms with E-state index < -0.39 is 0 Å². The first kappa shape index (κ1) is 17.7. The molecule has 1 aliphatic rings. The zero-order chi connectivity index (χ0) is 18.7. The van der Waals surface area contributed by atoms with Crippen LogP contribution in [-0.2, 0) is 16.6 Å². The topological polar surface area (TPSA) is 57.8 Å². The normalized spacial score (nSPS) is 15.9. The van der Waals surface area contributed by atoms with Crippen LogP contribution in [0.2, 0.25) is 0 Å². The Morgan fingerprint density at radius 3 is 2.70 bits per heavy atom. The number of imidazole rings is 1. The summed E-state index contributed by atoms with van der Waals surface area (Å²) >= 11 is 0. The molecule has 0 bridgehead atoms. The van der Waals surface area contributed by atoms with Crippen LogP contribution < -0.4 is 5.32 Å². The molecule has 1 aliphatic carbocycles. The van der Waals surface area contributed by atoms with Crippen molar-refractivity contribution >= 4 is 16.9 Å². The number of aromatic nitrogens is 2. The van der Waals surface area contributed by atoms with Gasteiger partial charge in [-0.05, 0) is 43.0 Å². The molecule has 1 aromatic heterocycles. The highest BCUT2D eigenvalue weighted by molar-refractivity contribution is 5.88. The molecule has 1 amide bonds. The lowest BCUT2D eigenvalue weighted by molar-refractivity contribution is -0.126. The zero-order valence-corrected chi connectivity index (χ0v) is 15.3. The third-order valence-corrected chi connectivity index (χ3v) is 5.59. The van der Waals surface area contributed by atoms with E-state index >= 15 is 0 Å². The van der Waals surface area contributed by atoms with Crippen molar-refractivity contribution in [3.05, 3.63) is 65.7 Å². The molecule has 2 aromatic carbocycles. The molecular weight excluding hydrogens is 341 g/mol. The molecule has 140 valence electrons. The third kappa shape index (κ3) is 3.59. The van der Waals surface area contributed by atoms with Crippen LogP contribution in [-0.4, -0.2) is 22.4 Å². The van der Waals surface area contributed by atoms with Crippen LogP contribution >= 0.6 is 0 Å². The van der Waals surface area contributed by atoms with Gasteiger partial charge in [0.05, 0.1) is 16.4 Å². The molecule has 4 nitrogen and oxygen atoms in total. The number of amides is 1. The Balaban J connectivity index is 1.35. The molecular formula is C22H24FN3O. The number of hydrogen-bond donors (Lipinski definition) is 2. The number of carbonyl (C=O) groups excluding carboxylic acids is 1. The molecule has 1 fully saturated rings. The molecule has 0 atom stereocenters. The fourth-order valence-corrected chi connectivity index (χ4v) is 4.16. The summed E-state index contributed by atoms with van der Waals surface area (Å²) in [5.41, 5.74) is 2.23. The number of nitrogens with one attached hydrogen (secondary N) is 2. The van der Waals surface area contributed by atoms with Gasteiger partial charge in [-0.3, -0.25) is 4.79 Å². The molecule has 27 heavy (non-hydrogen) atoms. The summed E-state index contributed by atoms with van der Waals surface area (Å²) in [6.07, 6.45) is 5.53. The molecule has 0 radical (unpaired) electrons. The van der Waals surface area contributed by atoms with E-state index in [1.165, 1.54) is 12.1 Å². The highest BCUT2D eigenvalue weighted by Crippen LogP contribution is 2.41. The van der Waals surface area contributed by atoms with E-state index in [2.05, 4.69) is 27.4 Å². The van der Waals surface area contributed by atoms with Crippen molar-refractivity contribution in [2.45, 2.75) is 43.9 Å². The second kappa shape index (κ2) is 7.51. The smallest absolute Gasteiger partial charge is 0.230 e. The molecule has 1 saturated carbocycles. The number of fused-ring (bicyclic) bond motifs is 1. The van der Waals surface area contributed by atoms with E-state index in [-0.39, 0.29) is 17.1 Å². The molecule has 0 unspecified atom stereocenters. The number of aryl methyl sites for hydroxylation is 1. The lowest BCUT2D eigenvalue weighted by atomic mass is 9.78. The maximum Gasteiger partial charge on any atom is 0.230 e. The van der Waals surface area contributed by atoms with Gasteiger partial charge in [0.2, 0.25) is 5.91 Å². The standard InChI is InChI=1S/C22H24FN3O/c23-17-10-11-18-19(15-17)26-20(25-18)9-6-14-24-21(27)22(12-4-5-13-22)16-7-2-1-3-8-16/h1-3,7-8,10-11,15H,4-6,9,12-14H2,(H,24,27)(H,25,26). The van der Waals surface area contributed by atoms with Gasteiger partial charge in [0.1, 0.15) is 11.6 Å². The average Bonchev–Trinajstić information content (AvgIpc) is 3.33. The molecule has 2 N–H and O–H groups in total. The first-order chi connectivity index (χ1) is 13.2. The van der Waals surface area contributed by atoms with E-state index in [1.807, 2.05) is 18.2 Å². The number of halogens is 1. The van der Waals surface area contributed by atoms with Crippen molar-refractivity contribution in [1.29, 1.82) is 0 Å². The SMILES string of the molecule is O=C(NCCCc1nc2ccc(F)cc2[nH]1)C1(c2ccccc2)CCCC1. The van der Waals surface area contributed by atoms with Gasteiger partial charge in [0.25, 0.3) is 0 Å². The Bertz CT molecular complexity index is 929. The Labute approximate surface area is 158 Å². The molecule has 0 spiro atoms. The van der Waals surface area contributed by atoms with E-state index in [0.717, 1.165) is 55.4 Å².